The summed E-state index contributed by atoms with van der Waals surface area (Å²) in [6.07, 6.45) is 0. The van der Waals surface area contributed by atoms with E-state index in [0.717, 1.165) is 16.9 Å². The first kappa shape index (κ1) is 20.0. The number of ether oxygens (including phenoxy) is 1. The van der Waals surface area contributed by atoms with Crippen LogP contribution in [0.15, 0.2) is 45.6 Å². The maximum absolute atomic E-state index is 12.9. The van der Waals surface area contributed by atoms with Crippen molar-refractivity contribution in [2.45, 2.75) is 20.4 Å². The summed E-state index contributed by atoms with van der Waals surface area (Å²) in [5.74, 6) is 1.34. The number of hydrogen-bond donors (Lipinski definition) is 0. The Bertz CT molecular complexity index is 975. The SMILES string of the molecule is COc1ccc2c(=O)c(C)c(-c3ccc(C)cc3)oc2c1CN(C)C.Cl. The third-order valence-electron chi connectivity index (χ3n) is 4.36. The van der Waals surface area contributed by atoms with Crippen LogP contribution in [0, 0.1) is 13.8 Å². The number of benzene rings is 2. The van der Waals surface area contributed by atoms with E-state index < -0.39 is 0 Å². The molecule has 0 saturated heterocycles. The number of halogens is 1. The lowest BCUT2D eigenvalue weighted by atomic mass is 10.0. The van der Waals surface area contributed by atoms with Gasteiger partial charge in [-0.15, -0.1) is 12.4 Å². The molecule has 3 rings (SSSR count). The predicted molar refractivity (Wildman–Crippen MR) is 109 cm³/mol. The van der Waals surface area contributed by atoms with Crippen LogP contribution in [0.25, 0.3) is 22.3 Å². The molecule has 1 heterocycles. The van der Waals surface area contributed by atoms with Crippen LogP contribution in [0.5, 0.6) is 5.75 Å². The maximum Gasteiger partial charge on any atom is 0.196 e. The molecular formula is C21H24ClNO3. The molecule has 0 aliphatic rings. The van der Waals surface area contributed by atoms with E-state index in [2.05, 4.69) is 0 Å². The molecule has 26 heavy (non-hydrogen) atoms. The molecule has 2 aromatic carbocycles. The van der Waals surface area contributed by atoms with Gasteiger partial charge in [0.05, 0.1) is 18.1 Å². The number of rotatable bonds is 4. The Kier molecular flexibility index (Phi) is 6.11. The second-order valence-electron chi connectivity index (χ2n) is 6.61. The molecule has 3 aromatic rings. The summed E-state index contributed by atoms with van der Waals surface area (Å²) in [5, 5.41) is 0.589. The zero-order valence-corrected chi connectivity index (χ0v) is 16.6. The molecule has 1 aromatic heterocycles. The second-order valence-corrected chi connectivity index (χ2v) is 6.61. The molecule has 138 valence electrons. The van der Waals surface area contributed by atoms with Crippen molar-refractivity contribution in [3.8, 4) is 17.1 Å². The summed E-state index contributed by atoms with van der Waals surface area (Å²) < 4.78 is 11.8. The highest BCUT2D eigenvalue weighted by molar-refractivity contribution is 5.85. The van der Waals surface area contributed by atoms with Crippen LogP contribution in [0.2, 0.25) is 0 Å². The lowest BCUT2D eigenvalue weighted by Crippen LogP contribution is -2.14. The quantitative estimate of drug-likeness (QED) is 0.671. The largest absolute Gasteiger partial charge is 0.496 e. The Morgan fingerprint density at radius 2 is 1.69 bits per heavy atom. The molecule has 0 N–H and O–H groups in total. The topological polar surface area (TPSA) is 42.7 Å². The average molecular weight is 374 g/mol. The van der Waals surface area contributed by atoms with Crippen molar-refractivity contribution >= 4 is 23.4 Å². The molecule has 0 amide bonds. The summed E-state index contributed by atoms with van der Waals surface area (Å²) >= 11 is 0. The molecule has 0 unspecified atom stereocenters. The summed E-state index contributed by atoms with van der Waals surface area (Å²) in [7, 11) is 5.59. The highest BCUT2D eigenvalue weighted by atomic mass is 35.5. The zero-order valence-electron chi connectivity index (χ0n) is 15.8. The first-order chi connectivity index (χ1) is 11.9. The number of aryl methyl sites for hydroxylation is 1. The summed E-state index contributed by atoms with van der Waals surface area (Å²) in [6.45, 7) is 4.48. The third-order valence-corrected chi connectivity index (χ3v) is 4.36. The van der Waals surface area contributed by atoms with Crippen molar-refractivity contribution in [1.29, 1.82) is 0 Å². The highest BCUT2D eigenvalue weighted by Gasteiger charge is 2.18. The van der Waals surface area contributed by atoms with E-state index >= 15 is 0 Å². The van der Waals surface area contributed by atoms with E-state index in [-0.39, 0.29) is 17.8 Å². The standard InChI is InChI=1S/C21H23NO3.ClH/c1-13-6-8-15(9-7-13)20-14(2)19(23)16-10-11-18(24-5)17(12-22(3)4)21(16)25-20;/h6-11H,12H2,1-5H3;1H. The van der Waals surface area contributed by atoms with Crippen LogP contribution >= 0.6 is 12.4 Å². The minimum atomic E-state index is -0.000478. The molecule has 0 fully saturated rings. The number of fused-ring (bicyclic) bond motifs is 1. The molecular weight excluding hydrogens is 350 g/mol. The van der Waals surface area contributed by atoms with E-state index in [0.29, 0.717) is 28.8 Å². The Morgan fingerprint density at radius 3 is 2.27 bits per heavy atom. The molecule has 0 aliphatic heterocycles. The van der Waals surface area contributed by atoms with E-state index in [4.69, 9.17) is 9.15 Å². The van der Waals surface area contributed by atoms with Crippen molar-refractivity contribution in [3.63, 3.8) is 0 Å². The Balaban J connectivity index is 0.00000243. The van der Waals surface area contributed by atoms with Gasteiger partial charge in [0, 0.05) is 17.7 Å². The van der Waals surface area contributed by atoms with Crippen molar-refractivity contribution in [1.82, 2.24) is 4.90 Å². The van der Waals surface area contributed by atoms with Gasteiger partial charge in [-0.2, -0.15) is 0 Å². The van der Waals surface area contributed by atoms with Gasteiger partial charge >= 0.3 is 0 Å². The molecule has 5 heteroatoms. The van der Waals surface area contributed by atoms with Crippen LogP contribution in [0.3, 0.4) is 0 Å². The Morgan fingerprint density at radius 1 is 1.04 bits per heavy atom. The van der Waals surface area contributed by atoms with Crippen molar-refractivity contribution in [2.75, 3.05) is 21.2 Å². The fourth-order valence-electron chi connectivity index (χ4n) is 3.03. The molecule has 0 atom stereocenters. The fourth-order valence-corrected chi connectivity index (χ4v) is 3.03. The van der Waals surface area contributed by atoms with Gasteiger partial charge < -0.3 is 14.1 Å². The van der Waals surface area contributed by atoms with Crippen LogP contribution in [-0.4, -0.2) is 26.1 Å². The molecule has 0 bridgehead atoms. The van der Waals surface area contributed by atoms with Gasteiger partial charge in [0.2, 0.25) is 0 Å². The van der Waals surface area contributed by atoms with Crippen LogP contribution < -0.4 is 10.2 Å². The van der Waals surface area contributed by atoms with Gasteiger partial charge in [-0.3, -0.25) is 4.79 Å². The Labute approximate surface area is 159 Å². The number of hydrogen-bond acceptors (Lipinski definition) is 4. The van der Waals surface area contributed by atoms with Crippen molar-refractivity contribution in [3.05, 3.63) is 63.3 Å². The first-order valence-electron chi connectivity index (χ1n) is 8.27. The average Bonchev–Trinajstić information content (AvgIpc) is 2.59. The molecule has 0 spiro atoms. The zero-order chi connectivity index (χ0) is 18.1. The van der Waals surface area contributed by atoms with Crippen LogP contribution in [-0.2, 0) is 6.54 Å². The Hall–Kier alpha value is -2.30. The minimum absolute atomic E-state index is 0. The summed E-state index contributed by atoms with van der Waals surface area (Å²) in [4.78, 5) is 14.9. The van der Waals surface area contributed by atoms with E-state index in [1.165, 1.54) is 5.56 Å². The van der Waals surface area contributed by atoms with E-state index in [1.807, 2.05) is 63.2 Å². The minimum Gasteiger partial charge on any atom is -0.496 e. The third kappa shape index (κ3) is 3.62. The van der Waals surface area contributed by atoms with Crippen LogP contribution in [0.1, 0.15) is 16.7 Å². The smallest absolute Gasteiger partial charge is 0.196 e. The van der Waals surface area contributed by atoms with Gasteiger partial charge in [0.15, 0.2) is 5.43 Å². The number of nitrogens with zero attached hydrogens (tertiary/aromatic N) is 1. The summed E-state index contributed by atoms with van der Waals surface area (Å²) in [5.41, 5.74) is 4.17. The molecule has 0 saturated carbocycles. The lowest BCUT2D eigenvalue weighted by Gasteiger charge is -2.16. The van der Waals surface area contributed by atoms with Crippen molar-refractivity contribution < 1.29 is 9.15 Å². The predicted octanol–water partition coefficient (Wildman–Crippen LogP) is 4.57. The van der Waals surface area contributed by atoms with Crippen LogP contribution in [0.4, 0.5) is 0 Å². The number of methoxy groups -OCH3 is 1. The van der Waals surface area contributed by atoms with Crippen molar-refractivity contribution in [2.24, 2.45) is 0 Å². The summed E-state index contributed by atoms with van der Waals surface area (Å²) in [6, 6.07) is 11.6. The second kappa shape index (κ2) is 7.94. The van der Waals surface area contributed by atoms with Gasteiger partial charge in [-0.05, 0) is 40.1 Å². The van der Waals surface area contributed by atoms with E-state index in [1.54, 1.807) is 13.2 Å². The molecule has 0 aliphatic carbocycles. The highest BCUT2D eigenvalue weighted by Crippen LogP contribution is 2.32. The van der Waals surface area contributed by atoms with E-state index in [9.17, 15) is 4.79 Å². The maximum atomic E-state index is 12.9. The fraction of sp³-hybridized carbons (Fsp3) is 0.286. The monoisotopic (exact) mass is 373 g/mol. The van der Waals surface area contributed by atoms with Gasteiger partial charge in [-0.1, -0.05) is 29.8 Å². The molecule has 4 nitrogen and oxygen atoms in total. The molecule has 0 radical (unpaired) electrons. The van der Waals surface area contributed by atoms with Gasteiger partial charge in [0.1, 0.15) is 17.1 Å². The van der Waals surface area contributed by atoms with Gasteiger partial charge in [0.25, 0.3) is 0 Å². The normalized spacial score (nSPS) is 10.8. The lowest BCUT2D eigenvalue weighted by molar-refractivity contribution is 0.370. The van der Waals surface area contributed by atoms with Gasteiger partial charge in [-0.25, -0.2) is 0 Å². The first-order valence-corrected chi connectivity index (χ1v) is 8.27.